The number of hydrogen-bond acceptors (Lipinski definition) is 2. The average Bonchev–Trinajstić information content (AvgIpc) is 2.26. The van der Waals surface area contributed by atoms with Crippen molar-refractivity contribution in [2.45, 2.75) is 0 Å². The first kappa shape index (κ1) is 11.3. The molecule has 0 bridgehead atoms. The largest absolute Gasteiger partial charge is 0.397 e. The third-order valence-corrected chi connectivity index (χ3v) is 2.20. The first-order valence-corrected chi connectivity index (χ1v) is 4.83. The summed E-state index contributed by atoms with van der Waals surface area (Å²) in [4.78, 5) is 0. The zero-order chi connectivity index (χ0) is 12.4. The maximum absolute atomic E-state index is 13.0. The van der Waals surface area contributed by atoms with Crippen LogP contribution in [-0.2, 0) is 0 Å². The van der Waals surface area contributed by atoms with Crippen LogP contribution in [0.15, 0.2) is 36.4 Å². The minimum absolute atomic E-state index is 0.0492. The molecule has 0 saturated carbocycles. The molecule has 0 aromatic heterocycles. The third-order valence-electron chi connectivity index (χ3n) is 2.20. The van der Waals surface area contributed by atoms with Gasteiger partial charge in [-0.2, -0.15) is 0 Å². The summed E-state index contributed by atoms with van der Waals surface area (Å²) < 4.78 is 38.7. The normalized spacial score (nSPS) is 10.3. The molecule has 17 heavy (non-hydrogen) atoms. The molecule has 2 aromatic rings. The zero-order valence-electron chi connectivity index (χ0n) is 8.68. The summed E-state index contributed by atoms with van der Waals surface area (Å²) in [7, 11) is 0. The molecule has 0 aliphatic rings. The fraction of sp³-hybridized carbons (Fsp3) is 0. The average molecular weight is 238 g/mol. The second kappa shape index (κ2) is 4.37. The van der Waals surface area contributed by atoms with E-state index in [-0.39, 0.29) is 11.4 Å². The molecule has 0 saturated heterocycles. The highest BCUT2D eigenvalue weighted by Gasteiger charge is 2.07. The predicted octanol–water partition coefficient (Wildman–Crippen LogP) is 3.43. The Balaban J connectivity index is 2.33. The van der Waals surface area contributed by atoms with Gasteiger partial charge < -0.3 is 11.1 Å². The monoisotopic (exact) mass is 238 g/mol. The molecule has 0 fully saturated rings. The third kappa shape index (κ3) is 2.50. The smallest absolute Gasteiger partial charge is 0.161 e. The summed E-state index contributed by atoms with van der Waals surface area (Å²) in [6, 6.07) is 7.38. The highest BCUT2D eigenvalue weighted by molar-refractivity contribution is 5.72. The van der Waals surface area contributed by atoms with Crippen molar-refractivity contribution in [2.75, 3.05) is 11.1 Å². The number of anilines is 3. The molecule has 0 spiro atoms. The number of nitrogens with one attached hydrogen (secondary N) is 1. The van der Waals surface area contributed by atoms with Crippen LogP contribution < -0.4 is 11.1 Å². The Kier molecular flexibility index (Phi) is 2.91. The number of rotatable bonds is 2. The van der Waals surface area contributed by atoms with Crippen molar-refractivity contribution >= 4 is 17.1 Å². The number of nitrogen functional groups attached to an aromatic ring is 1. The van der Waals surface area contributed by atoms with Crippen LogP contribution in [0.3, 0.4) is 0 Å². The molecule has 0 aliphatic carbocycles. The van der Waals surface area contributed by atoms with Crippen LogP contribution in [-0.4, -0.2) is 0 Å². The lowest BCUT2D eigenvalue weighted by molar-refractivity contribution is 0.509. The summed E-state index contributed by atoms with van der Waals surface area (Å²) in [5.41, 5.74) is 6.16. The number of hydrogen-bond donors (Lipinski definition) is 2. The van der Waals surface area contributed by atoms with Crippen LogP contribution in [0.5, 0.6) is 0 Å². The molecule has 0 radical (unpaired) electrons. The van der Waals surface area contributed by atoms with Crippen LogP contribution in [0.25, 0.3) is 0 Å². The molecule has 0 atom stereocenters. The van der Waals surface area contributed by atoms with E-state index in [1.807, 2.05) is 0 Å². The van der Waals surface area contributed by atoms with E-state index in [0.717, 1.165) is 12.1 Å². The lowest BCUT2D eigenvalue weighted by Crippen LogP contribution is -1.99. The lowest BCUT2D eigenvalue weighted by atomic mass is 10.2. The van der Waals surface area contributed by atoms with Crippen molar-refractivity contribution in [1.82, 2.24) is 0 Å². The second-order valence-electron chi connectivity index (χ2n) is 3.49. The van der Waals surface area contributed by atoms with Gasteiger partial charge in [0, 0.05) is 17.8 Å². The van der Waals surface area contributed by atoms with Gasteiger partial charge in [0.05, 0.1) is 11.4 Å². The molecule has 0 heterocycles. The first-order valence-electron chi connectivity index (χ1n) is 4.83. The van der Waals surface area contributed by atoms with Crippen molar-refractivity contribution in [3.8, 4) is 0 Å². The Morgan fingerprint density at radius 3 is 2.35 bits per heavy atom. The number of halogens is 3. The Bertz CT molecular complexity index is 555. The minimum atomic E-state index is -1.02. The highest BCUT2D eigenvalue weighted by Crippen LogP contribution is 2.25. The van der Waals surface area contributed by atoms with Crippen molar-refractivity contribution in [1.29, 1.82) is 0 Å². The van der Waals surface area contributed by atoms with Gasteiger partial charge in [0.1, 0.15) is 5.82 Å². The SMILES string of the molecule is Nc1cc(F)c(F)cc1Nc1cccc(F)c1. The maximum Gasteiger partial charge on any atom is 0.161 e. The van der Waals surface area contributed by atoms with E-state index < -0.39 is 17.5 Å². The van der Waals surface area contributed by atoms with E-state index >= 15 is 0 Å². The minimum Gasteiger partial charge on any atom is -0.397 e. The first-order chi connectivity index (χ1) is 8.06. The fourth-order valence-electron chi connectivity index (χ4n) is 1.39. The van der Waals surface area contributed by atoms with E-state index in [4.69, 9.17) is 5.73 Å². The van der Waals surface area contributed by atoms with Crippen molar-refractivity contribution in [2.24, 2.45) is 0 Å². The molecule has 2 aromatic carbocycles. The van der Waals surface area contributed by atoms with Crippen LogP contribution in [0.2, 0.25) is 0 Å². The van der Waals surface area contributed by atoms with Gasteiger partial charge in [0.2, 0.25) is 0 Å². The highest BCUT2D eigenvalue weighted by atomic mass is 19.2. The van der Waals surface area contributed by atoms with Gasteiger partial charge in [0.25, 0.3) is 0 Å². The second-order valence-corrected chi connectivity index (χ2v) is 3.49. The van der Waals surface area contributed by atoms with Gasteiger partial charge in [-0.1, -0.05) is 6.07 Å². The van der Waals surface area contributed by atoms with Crippen LogP contribution >= 0.6 is 0 Å². The molecular formula is C12H9F3N2. The maximum atomic E-state index is 13.0. The van der Waals surface area contributed by atoms with Gasteiger partial charge in [0.15, 0.2) is 11.6 Å². The number of nitrogens with two attached hydrogens (primary N) is 1. The molecule has 0 aliphatic heterocycles. The summed E-state index contributed by atoms with van der Waals surface area (Å²) in [5.74, 6) is -2.47. The zero-order valence-corrected chi connectivity index (χ0v) is 8.68. The van der Waals surface area contributed by atoms with E-state index in [2.05, 4.69) is 5.32 Å². The van der Waals surface area contributed by atoms with Crippen molar-refractivity contribution in [3.05, 3.63) is 53.8 Å². The van der Waals surface area contributed by atoms with Gasteiger partial charge in [-0.25, -0.2) is 13.2 Å². The summed E-state index contributed by atoms with van der Waals surface area (Å²) >= 11 is 0. The van der Waals surface area contributed by atoms with E-state index in [9.17, 15) is 13.2 Å². The van der Waals surface area contributed by atoms with E-state index in [1.54, 1.807) is 6.07 Å². The standard InChI is InChI=1S/C12H9F3N2/c13-7-2-1-3-8(4-7)17-12-6-10(15)9(14)5-11(12)16/h1-6,17H,16H2. The quantitative estimate of drug-likeness (QED) is 0.786. The summed E-state index contributed by atoms with van der Waals surface area (Å²) in [5, 5.41) is 2.71. The molecular weight excluding hydrogens is 229 g/mol. The lowest BCUT2D eigenvalue weighted by Gasteiger charge is -2.09. The molecule has 3 N–H and O–H groups in total. The van der Waals surface area contributed by atoms with Crippen LogP contribution in [0.4, 0.5) is 30.2 Å². The van der Waals surface area contributed by atoms with Crippen molar-refractivity contribution < 1.29 is 13.2 Å². The molecule has 0 amide bonds. The van der Waals surface area contributed by atoms with Gasteiger partial charge >= 0.3 is 0 Å². The topological polar surface area (TPSA) is 38.0 Å². The Labute approximate surface area is 95.9 Å². The molecule has 5 heteroatoms. The fourth-order valence-corrected chi connectivity index (χ4v) is 1.39. The Morgan fingerprint density at radius 2 is 1.65 bits per heavy atom. The van der Waals surface area contributed by atoms with Gasteiger partial charge in [-0.15, -0.1) is 0 Å². The van der Waals surface area contributed by atoms with E-state index in [1.165, 1.54) is 18.2 Å². The summed E-state index contributed by atoms with van der Waals surface area (Å²) in [6.07, 6.45) is 0. The van der Waals surface area contributed by atoms with Crippen LogP contribution in [0, 0.1) is 17.5 Å². The molecule has 0 unspecified atom stereocenters. The number of benzene rings is 2. The molecule has 2 rings (SSSR count). The predicted molar refractivity (Wildman–Crippen MR) is 60.5 cm³/mol. The van der Waals surface area contributed by atoms with E-state index in [0.29, 0.717) is 5.69 Å². The van der Waals surface area contributed by atoms with Gasteiger partial charge in [-0.3, -0.25) is 0 Å². The molecule has 88 valence electrons. The van der Waals surface area contributed by atoms with Crippen LogP contribution in [0.1, 0.15) is 0 Å². The summed E-state index contributed by atoms with van der Waals surface area (Å²) in [6.45, 7) is 0. The van der Waals surface area contributed by atoms with Gasteiger partial charge in [-0.05, 0) is 18.2 Å². The Morgan fingerprint density at radius 1 is 0.941 bits per heavy atom. The Hall–Kier alpha value is -2.17. The van der Waals surface area contributed by atoms with Crippen molar-refractivity contribution in [3.63, 3.8) is 0 Å². The molecule has 2 nitrogen and oxygen atoms in total.